The van der Waals surface area contributed by atoms with Crippen LogP contribution in [-0.4, -0.2) is 193 Å². The Hall–Kier alpha value is -2.51. The highest BCUT2D eigenvalue weighted by atomic mass is 16.8. The first-order chi connectivity index (χ1) is 50.3. The minimum atomic E-state index is -1.98. The second kappa shape index (κ2) is 64.3. The third kappa shape index (κ3) is 44.1. The van der Waals surface area contributed by atoms with Gasteiger partial charge in [-0.15, -0.1) is 0 Å². The SMILES string of the molecule is CC/C=C\C/C=C\C/C=C\C/C=C\CCCCCCCCCCCCCCCCCCCCCCCCCCCCC(=O)NC(COC1OC(CO)C(OC2OC(CO)C(OC3OC(CO)C(O)C(O)C3O)C(O)C2O)C(O)C1O)C(O)/C=C/CCCCCCCCCCCCCCCCCCC. The minimum Gasteiger partial charge on any atom is -0.394 e. The van der Waals surface area contributed by atoms with Gasteiger partial charge in [0.15, 0.2) is 18.9 Å². The summed E-state index contributed by atoms with van der Waals surface area (Å²) < 4.78 is 34.5. The summed E-state index contributed by atoms with van der Waals surface area (Å²) >= 11 is 0. The van der Waals surface area contributed by atoms with Crippen LogP contribution in [0, 0.1) is 0 Å². The number of hydrogen-bond donors (Lipinski definition) is 12. The van der Waals surface area contributed by atoms with Crippen molar-refractivity contribution in [2.45, 2.75) is 439 Å². The molecular formula is C84H153NO18. The van der Waals surface area contributed by atoms with Gasteiger partial charge in [-0.05, 0) is 57.8 Å². The predicted octanol–water partition coefficient (Wildman–Crippen LogP) is 14.6. The standard InChI is InChI=1S/C84H153NO18/c1-3-5-7-9-11-13-15-17-19-21-23-24-25-26-27-28-29-30-31-32-33-34-35-36-37-38-39-40-41-42-44-46-48-50-52-54-56-58-60-62-72(90)85-67(68(89)61-59-57-55-53-51-49-47-45-43-22-20-18-16-14-12-10-8-6-4-2)66-98-82-78(96)75(93)80(70(64-87)100-82)103-84-79(97)76(94)81(71(65-88)101-84)102-83-77(95)74(92)73(91)69(63-86)99-83/h5,7,11,13,17,19,23-24,59,61,67-71,73-84,86-89,91-97H,3-4,6,8-10,12,14-16,18,20-22,25-58,60,62-66H2,1-2H3,(H,85,90)/b7-5-,13-11-,19-17-,24-23-,61-59+. The smallest absolute Gasteiger partial charge is 0.220 e. The molecule has 3 fully saturated rings. The Labute approximate surface area is 624 Å². The van der Waals surface area contributed by atoms with Gasteiger partial charge in [-0.3, -0.25) is 4.79 Å². The summed E-state index contributed by atoms with van der Waals surface area (Å²) in [4.78, 5) is 13.5. The zero-order valence-electron chi connectivity index (χ0n) is 64.5. The molecule has 19 nitrogen and oxygen atoms in total. The van der Waals surface area contributed by atoms with E-state index in [-0.39, 0.29) is 18.9 Å². The maximum absolute atomic E-state index is 13.5. The molecule has 1 amide bonds. The quantitative estimate of drug-likeness (QED) is 0.0199. The molecule has 0 spiro atoms. The molecule has 0 saturated carbocycles. The van der Waals surface area contributed by atoms with Crippen LogP contribution in [0.25, 0.3) is 0 Å². The molecule has 0 aliphatic carbocycles. The lowest BCUT2D eigenvalue weighted by molar-refractivity contribution is -0.379. The number of carbonyl (C=O) groups excluding carboxylic acids is 1. The van der Waals surface area contributed by atoms with Crippen LogP contribution in [0.3, 0.4) is 0 Å². The minimum absolute atomic E-state index is 0.247. The second-order valence-electron chi connectivity index (χ2n) is 29.9. The van der Waals surface area contributed by atoms with E-state index < -0.39 is 124 Å². The van der Waals surface area contributed by atoms with Crippen LogP contribution in [0.5, 0.6) is 0 Å². The van der Waals surface area contributed by atoms with E-state index in [0.717, 1.165) is 70.6 Å². The van der Waals surface area contributed by atoms with E-state index in [1.54, 1.807) is 6.08 Å². The molecule has 0 bridgehead atoms. The van der Waals surface area contributed by atoms with E-state index >= 15 is 0 Å². The number of allylic oxidation sites excluding steroid dienone is 9. The van der Waals surface area contributed by atoms with Crippen molar-refractivity contribution < 1.29 is 89.4 Å². The van der Waals surface area contributed by atoms with Crippen LogP contribution in [0.15, 0.2) is 60.8 Å². The molecule has 602 valence electrons. The van der Waals surface area contributed by atoms with Crippen LogP contribution in [0.4, 0.5) is 0 Å². The highest BCUT2D eigenvalue weighted by Gasteiger charge is 2.54. The summed E-state index contributed by atoms with van der Waals surface area (Å²) in [6.07, 6.45) is 56.6. The van der Waals surface area contributed by atoms with Gasteiger partial charge in [-0.2, -0.15) is 0 Å². The van der Waals surface area contributed by atoms with Crippen molar-refractivity contribution in [2.75, 3.05) is 26.4 Å². The number of carbonyl (C=O) groups is 1. The van der Waals surface area contributed by atoms with Gasteiger partial charge in [0.2, 0.25) is 5.91 Å². The molecule has 17 unspecified atom stereocenters. The number of hydrogen-bond acceptors (Lipinski definition) is 18. The van der Waals surface area contributed by atoms with Crippen LogP contribution >= 0.6 is 0 Å². The van der Waals surface area contributed by atoms with Crippen molar-refractivity contribution in [3.05, 3.63) is 60.8 Å². The van der Waals surface area contributed by atoms with Crippen molar-refractivity contribution in [1.29, 1.82) is 0 Å². The van der Waals surface area contributed by atoms with Crippen LogP contribution in [-0.2, 0) is 33.2 Å². The Bertz CT molecular complexity index is 2090. The highest BCUT2D eigenvalue weighted by Crippen LogP contribution is 2.33. The van der Waals surface area contributed by atoms with E-state index in [4.69, 9.17) is 28.4 Å². The lowest BCUT2D eigenvalue weighted by Gasteiger charge is -2.48. The Balaban J connectivity index is 1.30. The largest absolute Gasteiger partial charge is 0.394 e. The van der Waals surface area contributed by atoms with Gasteiger partial charge >= 0.3 is 0 Å². The molecule has 3 saturated heterocycles. The van der Waals surface area contributed by atoms with Gasteiger partial charge < -0.3 is 89.9 Å². The van der Waals surface area contributed by atoms with Crippen molar-refractivity contribution in [1.82, 2.24) is 5.32 Å². The van der Waals surface area contributed by atoms with Crippen molar-refractivity contribution >= 4 is 5.91 Å². The number of unbranched alkanes of at least 4 members (excludes halogenated alkanes) is 43. The number of rotatable bonds is 67. The molecule has 19 heteroatoms. The fourth-order valence-corrected chi connectivity index (χ4v) is 14.1. The molecule has 3 aliphatic rings. The van der Waals surface area contributed by atoms with Crippen molar-refractivity contribution in [3.63, 3.8) is 0 Å². The van der Waals surface area contributed by atoms with Crippen molar-refractivity contribution in [2.24, 2.45) is 0 Å². The van der Waals surface area contributed by atoms with Crippen LogP contribution in [0.2, 0.25) is 0 Å². The first-order valence-electron chi connectivity index (χ1n) is 42.0. The van der Waals surface area contributed by atoms with E-state index in [0.29, 0.717) is 6.42 Å². The van der Waals surface area contributed by atoms with Crippen molar-refractivity contribution in [3.8, 4) is 0 Å². The third-order valence-corrected chi connectivity index (χ3v) is 20.8. The number of aliphatic hydroxyl groups excluding tert-OH is 11. The molecule has 0 aromatic carbocycles. The fourth-order valence-electron chi connectivity index (χ4n) is 14.1. The zero-order valence-corrected chi connectivity index (χ0v) is 64.5. The molecule has 3 aliphatic heterocycles. The highest BCUT2D eigenvalue weighted by molar-refractivity contribution is 5.76. The first kappa shape index (κ1) is 94.7. The Kier molecular flexibility index (Phi) is 59.1. The molecule has 12 N–H and O–H groups in total. The van der Waals surface area contributed by atoms with E-state index in [9.17, 15) is 61.0 Å². The molecular weight excluding hydrogens is 1310 g/mol. The molecule has 3 heterocycles. The third-order valence-electron chi connectivity index (χ3n) is 20.8. The van der Waals surface area contributed by atoms with E-state index in [1.807, 2.05) is 6.08 Å². The normalized spacial score (nSPS) is 26.3. The lowest BCUT2D eigenvalue weighted by Crippen LogP contribution is -2.66. The summed E-state index contributed by atoms with van der Waals surface area (Å²) in [6.45, 7) is 1.67. The summed E-state index contributed by atoms with van der Waals surface area (Å²) in [7, 11) is 0. The van der Waals surface area contributed by atoms with Gasteiger partial charge in [-0.1, -0.05) is 331 Å². The summed E-state index contributed by atoms with van der Waals surface area (Å²) in [6, 6.07) is -0.973. The van der Waals surface area contributed by atoms with Gasteiger partial charge in [0.05, 0.1) is 38.6 Å². The molecule has 0 aromatic heterocycles. The fraction of sp³-hybridized carbons (Fsp3) is 0.869. The number of ether oxygens (including phenoxy) is 6. The summed E-state index contributed by atoms with van der Waals surface area (Å²) in [5.74, 6) is -0.269. The number of nitrogens with one attached hydrogen (secondary N) is 1. The lowest BCUT2D eigenvalue weighted by atomic mass is 9.96. The Morgan fingerprint density at radius 2 is 0.670 bits per heavy atom. The maximum atomic E-state index is 13.5. The van der Waals surface area contributed by atoms with Crippen LogP contribution in [0.1, 0.15) is 335 Å². The topological polar surface area (TPSA) is 307 Å². The summed E-state index contributed by atoms with van der Waals surface area (Å²) in [5, 5.41) is 121. The second-order valence-corrected chi connectivity index (χ2v) is 29.9. The maximum Gasteiger partial charge on any atom is 0.220 e. The molecule has 103 heavy (non-hydrogen) atoms. The summed E-state index contributed by atoms with van der Waals surface area (Å²) in [5.41, 5.74) is 0. The Morgan fingerprint density at radius 1 is 0.359 bits per heavy atom. The Morgan fingerprint density at radius 3 is 1.05 bits per heavy atom. The van der Waals surface area contributed by atoms with Gasteiger partial charge in [0.25, 0.3) is 0 Å². The molecule has 0 radical (unpaired) electrons. The monoisotopic (exact) mass is 1460 g/mol. The predicted molar refractivity (Wildman–Crippen MR) is 411 cm³/mol. The van der Waals surface area contributed by atoms with Gasteiger partial charge in [0.1, 0.15) is 73.2 Å². The molecule has 0 aromatic rings. The molecule has 3 rings (SSSR count). The van der Waals surface area contributed by atoms with E-state index in [2.05, 4.69) is 67.8 Å². The average Bonchev–Trinajstić information content (AvgIpc) is 0.781. The average molecular weight is 1470 g/mol. The van der Waals surface area contributed by atoms with Gasteiger partial charge in [-0.25, -0.2) is 0 Å². The first-order valence-corrected chi connectivity index (χ1v) is 42.0. The number of amides is 1. The van der Waals surface area contributed by atoms with E-state index in [1.165, 1.54) is 238 Å². The van der Waals surface area contributed by atoms with Gasteiger partial charge in [0, 0.05) is 6.42 Å². The number of aliphatic hydroxyl groups is 11. The molecule has 17 atom stereocenters. The van der Waals surface area contributed by atoms with Crippen LogP contribution < -0.4 is 5.32 Å². The zero-order chi connectivity index (χ0) is 74.6.